The number of ether oxygens (including phenoxy) is 1. The Bertz CT molecular complexity index is 822. The van der Waals surface area contributed by atoms with Gasteiger partial charge >= 0.3 is 0 Å². The first-order valence-electron chi connectivity index (χ1n) is 11.3. The lowest BCUT2D eigenvalue weighted by molar-refractivity contribution is -0.133. The minimum Gasteiger partial charge on any atom is -0.491 e. The number of carbonyl (C=O) groups is 3. The van der Waals surface area contributed by atoms with Crippen molar-refractivity contribution < 1.29 is 24.2 Å². The molecular weight excluding hydrogens is 410 g/mol. The van der Waals surface area contributed by atoms with E-state index < -0.39 is 35.9 Å². The highest BCUT2D eigenvalue weighted by Crippen LogP contribution is 2.22. The summed E-state index contributed by atoms with van der Waals surface area (Å²) in [6, 6.07) is 2.91. The quantitative estimate of drug-likeness (QED) is 0.550. The van der Waals surface area contributed by atoms with Crippen LogP contribution in [0.15, 0.2) is 18.2 Å². The summed E-state index contributed by atoms with van der Waals surface area (Å²) in [5.74, 6) is -0.628. The number of carbonyl (C=O) groups excluding carboxylic acids is 3. The van der Waals surface area contributed by atoms with Gasteiger partial charge in [-0.25, -0.2) is 0 Å². The molecule has 178 valence electrons. The van der Waals surface area contributed by atoms with E-state index in [1.165, 1.54) is 6.92 Å². The summed E-state index contributed by atoms with van der Waals surface area (Å²) in [6.07, 6.45) is -0.0980. The topological polar surface area (TPSA) is 117 Å². The van der Waals surface area contributed by atoms with Gasteiger partial charge in [0.1, 0.15) is 24.4 Å². The molecule has 0 saturated heterocycles. The zero-order valence-electron chi connectivity index (χ0n) is 19.9. The molecule has 4 atom stereocenters. The number of rotatable bonds is 5. The summed E-state index contributed by atoms with van der Waals surface area (Å²) in [7, 11) is 0. The maximum atomic E-state index is 13.1. The van der Waals surface area contributed by atoms with Crippen molar-refractivity contribution in [3.63, 3.8) is 0 Å². The maximum absolute atomic E-state index is 13.1. The first kappa shape index (κ1) is 25.6. The van der Waals surface area contributed by atoms with Gasteiger partial charge in [0.2, 0.25) is 11.8 Å². The molecule has 0 radical (unpaired) electrons. The van der Waals surface area contributed by atoms with Gasteiger partial charge in [0.25, 0.3) is 5.91 Å². The molecule has 1 aromatic rings. The molecule has 1 aromatic carbocycles. The Kier molecular flexibility index (Phi) is 9.07. The molecule has 1 aliphatic heterocycles. The Morgan fingerprint density at radius 3 is 2.22 bits per heavy atom. The average molecular weight is 448 g/mol. The Morgan fingerprint density at radius 2 is 1.62 bits per heavy atom. The Morgan fingerprint density at radius 1 is 0.969 bits per heavy atom. The van der Waals surface area contributed by atoms with Gasteiger partial charge in [-0.2, -0.15) is 0 Å². The van der Waals surface area contributed by atoms with E-state index in [-0.39, 0.29) is 24.5 Å². The fraction of sp³-hybridized carbons (Fsp3) is 0.625. The molecule has 4 N–H and O–H groups in total. The summed E-state index contributed by atoms with van der Waals surface area (Å²) < 4.78 is 6.01. The summed E-state index contributed by atoms with van der Waals surface area (Å²) >= 11 is 0. The molecule has 32 heavy (non-hydrogen) atoms. The number of nitrogens with one attached hydrogen (secondary N) is 3. The van der Waals surface area contributed by atoms with Crippen molar-refractivity contribution in [2.45, 2.75) is 78.6 Å². The van der Waals surface area contributed by atoms with Crippen LogP contribution in [0.4, 0.5) is 0 Å². The predicted octanol–water partition coefficient (Wildman–Crippen LogP) is 1.93. The van der Waals surface area contributed by atoms with Gasteiger partial charge in [-0.05, 0) is 56.2 Å². The molecule has 0 bridgehead atoms. The number of aryl methyl sites for hydroxylation is 1. The van der Waals surface area contributed by atoms with E-state index in [0.717, 1.165) is 5.56 Å². The summed E-state index contributed by atoms with van der Waals surface area (Å²) in [6.45, 7) is 11.5. The highest BCUT2D eigenvalue weighted by Gasteiger charge is 2.32. The number of fused-ring (bicyclic) bond motifs is 1. The van der Waals surface area contributed by atoms with Crippen LogP contribution in [0.3, 0.4) is 0 Å². The molecule has 0 spiro atoms. The smallest absolute Gasteiger partial charge is 0.255 e. The van der Waals surface area contributed by atoms with Crippen molar-refractivity contribution in [2.24, 2.45) is 11.8 Å². The Balaban J connectivity index is 2.48. The fourth-order valence-electron chi connectivity index (χ4n) is 3.75. The highest BCUT2D eigenvalue weighted by molar-refractivity contribution is 6.00. The lowest BCUT2D eigenvalue weighted by atomic mass is 10.0. The number of aliphatic hydroxyl groups excluding tert-OH is 1. The van der Waals surface area contributed by atoms with Gasteiger partial charge in [0.05, 0.1) is 17.7 Å². The third kappa shape index (κ3) is 7.22. The highest BCUT2D eigenvalue weighted by atomic mass is 16.5. The second kappa shape index (κ2) is 11.3. The van der Waals surface area contributed by atoms with Gasteiger partial charge in [0.15, 0.2) is 0 Å². The van der Waals surface area contributed by atoms with E-state index in [4.69, 9.17) is 4.74 Å². The van der Waals surface area contributed by atoms with E-state index >= 15 is 0 Å². The van der Waals surface area contributed by atoms with Crippen LogP contribution in [0, 0.1) is 18.8 Å². The Hall–Kier alpha value is -2.61. The molecule has 0 fully saturated rings. The standard InChI is InChI=1S/C24H37N3O5/c1-13(2)9-17-12-32-20-11-15(5)7-8-18(20)22(29)26-19(10-14(3)4)23(30)27-21(16(6)28)24(31)25-17/h7-8,11,13-14,16-17,19,21,28H,9-10,12H2,1-6H3,(H,25,31)(H,26,29)(H,27,30)/t16-,17+,19+,21+/m1/s1. The van der Waals surface area contributed by atoms with Crippen LogP contribution >= 0.6 is 0 Å². The first-order valence-corrected chi connectivity index (χ1v) is 11.3. The van der Waals surface area contributed by atoms with Crippen LogP contribution in [0.1, 0.15) is 63.4 Å². The average Bonchev–Trinajstić information content (AvgIpc) is 2.68. The molecule has 3 amide bonds. The van der Waals surface area contributed by atoms with E-state index in [1.807, 2.05) is 40.7 Å². The molecule has 2 rings (SSSR count). The van der Waals surface area contributed by atoms with Gasteiger partial charge in [-0.3, -0.25) is 14.4 Å². The second-order valence-electron chi connectivity index (χ2n) is 9.53. The van der Waals surface area contributed by atoms with Crippen LogP contribution in [0.2, 0.25) is 0 Å². The van der Waals surface area contributed by atoms with Crippen molar-refractivity contribution in [3.05, 3.63) is 29.3 Å². The van der Waals surface area contributed by atoms with Gasteiger partial charge in [-0.1, -0.05) is 33.8 Å². The van der Waals surface area contributed by atoms with Crippen LogP contribution in [0.25, 0.3) is 0 Å². The lowest BCUT2D eigenvalue weighted by Crippen LogP contribution is -2.58. The molecule has 0 saturated carbocycles. The minimum absolute atomic E-state index is 0.115. The molecule has 1 aliphatic rings. The van der Waals surface area contributed by atoms with E-state index in [9.17, 15) is 19.5 Å². The fourth-order valence-corrected chi connectivity index (χ4v) is 3.75. The van der Waals surface area contributed by atoms with Crippen molar-refractivity contribution >= 4 is 17.7 Å². The van der Waals surface area contributed by atoms with Crippen molar-refractivity contribution in [1.29, 1.82) is 0 Å². The lowest BCUT2D eigenvalue weighted by Gasteiger charge is -2.27. The van der Waals surface area contributed by atoms with Gasteiger partial charge in [-0.15, -0.1) is 0 Å². The number of amides is 3. The van der Waals surface area contributed by atoms with Gasteiger partial charge < -0.3 is 25.8 Å². The molecule has 0 aromatic heterocycles. The van der Waals surface area contributed by atoms with Crippen LogP contribution < -0.4 is 20.7 Å². The van der Waals surface area contributed by atoms with Crippen LogP contribution in [0.5, 0.6) is 5.75 Å². The molecule has 1 heterocycles. The predicted molar refractivity (Wildman–Crippen MR) is 122 cm³/mol. The minimum atomic E-state index is -1.14. The summed E-state index contributed by atoms with van der Waals surface area (Å²) in [5, 5.41) is 18.5. The zero-order chi connectivity index (χ0) is 24.0. The SMILES string of the molecule is Cc1ccc2c(c1)OC[C@H](CC(C)C)NC(=O)[C@H]([C@@H](C)O)NC(=O)[C@H](CC(C)C)NC2=O. The van der Waals surface area contributed by atoms with E-state index in [2.05, 4.69) is 16.0 Å². The van der Waals surface area contributed by atoms with Crippen molar-refractivity contribution in [3.8, 4) is 5.75 Å². The molecular formula is C24H37N3O5. The molecule has 8 nitrogen and oxygen atoms in total. The Labute approximate surface area is 190 Å². The monoisotopic (exact) mass is 447 g/mol. The van der Waals surface area contributed by atoms with Crippen LogP contribution in [-0.2, 0) is 9.59 Å². The number of hydrogen-bond donors (Lipinski definition) is 4. The van der Waals surface area contributed by atoms with Crippen LogP contribution in [-0.4, -0.2) is 53.7 Å². The van der Waals surface area contributed by atoms with Gasteiger partial charge in [0, 0.05) is 0 Å². The second-order valence-corrected chi connectivity index (χ2v) is 9.53. The largest absolute Gasteiger partial charge is 0.491 e. The first-order chi connectivity index (χ1) is 15.0. The molecule has 0 aliphatic carbocycles. The molecule has 0 unspecified atom stereocenters. The summed E-state index contributed by atoms with van der Waals surface area (Å²) in [5.41, 5.74) is 1.26. The van der Waals surface area contributed by atoms with E-state index in [0.29, 0.717) is 24.2 Å². The zero-order valence-corrected chi connectivity index (χ0v) is 19.9. The summed E-state index contributed by atoms with van der Waals surface area (Å²) in [4.78, 5) is 39.1. The van der Waals surface area contributed by atoms with Crippen molar-refractivity contribution in [1.82, 2.24) is 16.0 Å². The third-order valence-electron chi connectivity index (χ3n) is 5.32. The third-order valence-corrected chi connectivity index (χ3v) is 5.32. The number of hydrogen-bond acceptors (Lipinski definition) is 5. The van der Waals surface area contributed by atoms with Crippen molar-refractivity contribution in [2.75, 3.05) is 6.61 Å². The normalized spacial score (nSPS) is 23.7. The van der Waals surface area contributed by atoms with E-state index in [1.54, 1.807) is 12.1 Å². The number of benzene rings is 1. The molecule has 8 heteroatoms. The maximum Gasteiger partial charge on any atom is 0.255 e. The number of aliphatic hydroxyl groups is 1.